The van der Waals surface area contributed by atoms with Crippen molar-refractivity contribution in [2.75, 3.05) is 26.4 Å². The first kappa shape index (κ1) is 31.6. The van der Waals surface area contributed by atoms with Gasteiger partial charge in [-0.25, -0.2) is 14.6 Å². The number of para-hydroxylation sites is 1. The van der Waals surface area contributed by atoms with Gasteiger partial charge < -0.3 is 23.7 Å². The number of thiazole rings is 1. The fourth-order valence-electron chi connectivity index (χ4n) is 4.65. The summed E-state index contributed by atoms with van der Waals surface area (Å²) in [5.74, 6) is 0.342. The molecule has 0 amide bonds. The van der Waals surface area contributed by atoms with Crippen molar-refractivity contribution < 1.29 is 33.3 Å². The molecule has 2 aromatic carbocycles. The van der Waals surface area contributed by atoms with Crippen LogP contribution in [0.25, 0.3) is 6.08 Å². The van der Waals surface area contributed by atoms with Gasteiger partial charge in [0.15, 0.2) is 22.9 Å². The minimum absolute atomic E-state index is 0.128. The Morgan fingerprint density at radius 2 is 1.72 bits per heavy atom. The SMILES string of the molecule is CCOC(=O)COc1ccc(C=c2sc3n(c2=O)C(c2ccccc2OC(C)C)C(C(=O)OCC)=C(C)N=3)cc1OCC. The van der Waals surface area contributed by atoms with Crippen LogP contribution in [0.5, 0.6) is 17.2 Å². The normalized spacial score (nSPS) is 14.7. The number of allylic oxidation sites excluding steroid dienone is 1. The van der Waals surface area contributed by atoms with E-state index in [0.29, 0.717) is 50.0 Å². The molecule has 228 valence electrons. The number of esters is 2. The number of hydrogen-bond donors (Lipinski definition) is 0. The van der Waals surface area contributed by atoms with Crippen molar-refractivity contribution in [3.8, 4) is 17.2 Å². The van der Waals surface area contributed by atoms with Gasteiger partial charge in [-0.3, -0.25) is 9.36 Å². The highest BCUT2D eigenvalue weighted by Crippen LogP contribution is 2.36. The molecule has 0 bridgehead atoms. The van der Waals surface area contributed by atoms with Crippen LogP contribution >= 0.6 is 11.3 Å². The molecule has 0 fully saturated rings. The van der Waals surface area contributed by atoms with Crippen LogP contribution in [0, 0.1) is 0 Å². The molecule has 11 heteroatoms. The molecule has 0 radical (unpaired) electrons. The van der Waals surface area contributed by atoms with Crippen LogP contribution in [0.3, 0.4) is 0 Å². The van der Waals surface area contributed by atoms with Gasteiger partial charge in [-0.05, 0) is 71.4 Å². The lowest BCUT2D eigenvalue weighted by Gasteiger charge is -2.26. The highest BCUT2D eigenvalue weighted by molar-refractivity contribution is 7.07. The van der Waals surface area contributed by atoms with E-state index in [2.05, 4.69) is 4.99 Å². The second kappa shape index (κ2) is 14.2. The first-order chi connectivity index (χ1) is 20.7. The van der Waals surface area contributed by atoms with E-state index in [1.807, 2.05) is 45.0 Å². The van der Waals surface area contributed by atoms with E-state index >= 15 is 0 Å². The molecule has 43 heavy (non-hydrogen) atoms. The zero-order valence-corrected chi connectivity index (χ0v) is 26.0. The van der Waals surface area contributed by atoms with Crippen LogP contribution in [-0.2, 0) is 19.1 Å². The fraction of sp³-hybridized carbons (Fsp3) is 0.375. The summed E-state index contributed by atoms with van der Waals surface area (Å²) in [5, 5.41) is 0. The lowest BCUT2D eigenvalue weighted by Crippen LogP contribution is -2.40. The smallest absolute Gasteiger partial charge is 0.344 e. The second-order valence-corrected chi connectivity index (χ2v) is 10.7. The summed E-state index contributed by atoms with van der Waals surface area (Å²) in [6, 6.07) is 11.7. The van der Waals surface area contributed by atoms with E-state index in [0.717, 1.165) is 0 Å². The maximum atomic E-state index is 14.0. The molecule has 0 saturated carbocycles. The Balaban J connectivity index is 1.84. The Morgan fingerprint density at radius 3 is 2.42 bits per heavy atom. The molecule has 0 aliphatic carbocycles. The van der Waals surface area contributed by atoms with E-state index in [1.165, 1.54) is 15.9 Å². The molecule has 1 aromatic heterocycles. The standard InChI is InChI=1S/C32H36N2O8S/c1-7-38-25-16-21(14-15-24(25)41-18-27(35)39-8-2)17-26-30(36)34-29(22-12-10-11-13-23(22)42-19(4)5)28(31(37)40-9-3)20(6)33-32(34)43-26/h10-17,19,29H,7-9,18H2,1-6H3. The van der Waals surface area contributed by atoms with Crippen molar-refractivity contribution in [2.24, 2.45) is 4.99 Å². The predicted octanol–water partition coefficient (Wildman–Crippen LogP) is 3.93. The number of ether oxygens (including phenoxy) is 5. The van der Waals surface area contributed by atoms with Gasteiger partial charge in [-0.2, -0.15) is 0 Å². The number of carbonyl (C=O) groups is 2. The van der Waals surface area contributed by atoms with Gasteiger partial charge in [0, 0.05) is 5.56 Å². The Kier molecular flexibility index (Phi) is 10.4. The topological polar surface area (TPSA) is 115 Å². The van der Waals surface area contributed by atoms with E-state index in [4.69, 9.17) is 23.7 Å². The van der Waals surface area contributed by atoms with E-state index in [1.54, 1.807) is 45.0 Å². The molecule has 3 aromatic rings. The van der Waals surface area contributed by atoms with Crippen molar-refractivity contribution in [1.29, 1.82) is 0 Å². The van der Waals surface area contributed by atoms with Crippen LogP contribution in [-0.4, -0.2) is 49.0 Å². The number of hydrogen-bond acceptors (Lipinski definition) is 10. The van der Waals surface area contributed by atoms with E-state index < -0.39 is 18.0 Å². The van der Waals surface area contributed by atoms with Gasteiger partial charge in [-0.15, -0.1) is 0 Å². The molecule has 10 nitrogen and oxygen atoms in total. The number of rotatable bonds is 12. The summed E-state index contributed by atoms with van der Waals surface area (Å²) in [6.07, 6.45) is 1.61. The summed E-state index contributed by atoms with van der Waals surface area (Å²) in [6.45, 7) is 11.4. The minimum atomic E-state index is -0.801. The monoisotopic (exact) mass is 608 g/mol. The summed E-state index contributed by atoms with van der Waals surface area (Å²) >= 11 is 1.22. The van der Waals surface area contributed by atoms with Crippen molar-refractivity contribution >= 4 is 29.4 Å². The largest absolute Gasteiger partial charge is 0.491 e. The van der Waals surface area contributed by atoms with Gasteiger partial charge in [-0.1, -0.05) is 35.6 Å². The third kappa shape index (κ3) is 7.16. The Bertz CT molecular complexity index is 1700. The van der Waals surface area contributed by atoms with Gasteiger partial charge in [0.1, 0.15) is 11.8 Å². The highest BCUT2D eigenvalue weighted by Gasteiger charge is 2.35. The number of carbonyl (C=O) groups excluding carboxylic acids is 2. The van der Waals surface area contributed by atoms with E-state index in [-0.39, 0.29) is 37.1 Å². The number of fused-ring (bicyclic) bond motifs is 1. The maximum Gasteiger partial charge on any atom is 0.344 e. The molecular formula is C32H36N2O8S. The highest BCUT2D eigenvalue weighted by atomic mass is 32.1. The lowest BCUT2D eigenvalue weighted by molar-refractivity contribution is -0.145. The van der Waals surface area contributed by atoms with Gasteiger partial charge in [0.25, 0.3) is 5.56 Å². The van der Waals surface area contributed by atoms with Crippen LogP contribution < -0.4 is 29.1 Å². The second-order valence-electron chi connectivity index (χ2n) is 9.74. The van der Waals surface area contributed by atoms with Crippen molar-refractivity contribution in [3.05, 3.63) is 84.5 Å². The predicted molar refractivity (Wildman–Crippen MR) is 162 cm³/mol. The zero-order chi connectivity index (χ0) is 31.1. The lowest BCUT2D eigenvalue weighted by atomic mass is 9.95. The first-order valence-electron chi connectivity index (χ1n) is 14.2. The van der Waals surface area contributed by atoms with Crippen molar-refractivity contribution in [1.82, 2.24) is 4.57 Å². The Hall–Kier alpha value is -4.38. The van der Waals surface area contributed by atoms with Gasteiger partial charge >= 0.3 is 11.9 Å². The quantitative estimate of drug-likeness (QED) is 0.284. The molecule has 0 saturated heterocycles. The molecule has 0 N–H and O–H groups in total. The van der Waals surface area contributed by atoms with Gasteiger partial charge in [0.2, 0.25) is 0 Å². The average Bonchev–Trinajstić information content (AvgIpc) is 3.26. The van der Waals surface area contributed by atoms with E-state index in [9.17, 15) is 14.4 Å². The van der Waals surface area contributed by atoms with Crippen LogP contribution in [0.1, 0.15) is 58.7 Å². The summed E-state index contributed by atoms with van der Waals surface area (Å²) in [5.41, 5.74) is 1.77. The molecule has 2 heterocycles. The third-order valence-electron chi connectivity index (χ3n) is 6.31. The molecule has 1 atom stereocenters. The van der Waals surface area contributed by atoms with Crippen LogP contribution in [0.2, 0.25) is 0 Å². The molecular weight excluding hydrogens is 572 g/mol. The maximum absolute atomic E-state index is 14.0. The fourth-order valence-corrected chi connectivity index (χ4v) is 5.69. The number of aromatic nitrogens is 1. The summed E-state index contributed by atoms with van der Waals surface area (Å²) in [4.78, 5) is 44.2. The summed E-state index contributed by atoms with van der Waals surface area (Å²) < 4.78 is 29.7. The molecule has 1 aliphatic heterocycles. The van der Waals surface area contributed by atoms with Crippen molar-refractivity contribution in [2.45, 2.75) is 53.7 Å². The Morgan fingerprint density at radius 1 is 0.977 bits per heavy atom. The number of nitrogens with zero attached hydrogens (tertiary/aromatic N) is 2. The molecule has 1 aliphatic rings. The molecule has 1 unspecified atom stereocenters. The number of benzene rings is 2. The van der Waals surface area contributed by atoms with Crippen LogP contribution in [0.4, 0.5) is 0 Å². The molecule has 4 rings (SSSR count). The Labute approximate surface area is 253 Å². The zero-order valence-electron chi connectivity index (χ0n) is 25.2. The average molecular weight is 609 g/mol. The minimum Gasteiger partial charge on any atom is -0.491 e. The third-order valence-corrected chi connectivity index (χ3v) is 7.29. The van der Waals surface area contributed by atoms with Crippen molar-refractivity contribution in [3.63, 3.8) is 0 Å². The van der Waals surface area contributed by atoms with Gasteiger partial charge in [0.05, 0.1) is 41.7 Å². The van der Waals surface area contributed by atoms with Crippen LogP contribution in [0.15, 0.2) is 63.5 Å². The molecule has 0 spiro atoms. The first-order valence-corrected chi connectivity index (χ1v) is 15.0. The summed E-state index contributed by atoms with van der Waals surface area (Å²) in [7, 11) is 0.